The first-order chi connectivity index (χ1) is 7.97. The molecule has 1 aromatic carbocycles. The summed E-state index contributed by atoms with van der Waals surface area (Å²) in [7, 11) is 0. The van der Waals surface area contributed by atoms with Crippen molar-refractivity contribution in [3.05, 3.63) is 39.4 Å². The van der Waals surface area contributed by atoms with E-state index in [1.807, 2.05) is 19.9 Å². The Bertz CT molecular complexity index is 407. The Morgan fingerprint density at radius 2 is 2.12 bits per heavy atom. The van der Waals surface area contributed by atoms with Crippen molar-refractivity contribution in [3.63, 3.8) is 0 Å². The minimum absolute atomic E-state index is 0.0305. The summed E-state index contributed by atoms with van der Waals surface area (Å²) in [4.78, 5) is 10.4. The van der Waals surface area contributed by atoms with Crippen molar-refractivity contribution in [1.82, 2.24) is 5.32 Å². The number of nitrogens with one attached hydrogen (secondary N) is 1. The third-order valence-corrected chi connectivity index (χ3v) is 2.82. The molecule has 2 atom stereocenters. The van der Waals surface area contributed by atoms with Crippen molar-refractivity contribution >= 4 is 5.69 Å². The number of nitro benzene ring substituents is 1. The second-order valence-electron chi connectivity index (χ2n) is 4.22. The molecule has 0 aliphatic carbocycles. The Morgan fingerprint density at radius 1 is 1.47 bits per heavy atom. The van der Waals surface area contributed by atoms with E-state index in [2.05, 4.69) is 5.32 Å². The van der Waals surface area contributed by atoms with E-state index in [-0.39, 0.29) is 29.3 Å². The quantitative estimate of drug-likeness (QED) is 0.607. The largest absolute Gasteiger partial charge is 0.395 e. The van der Waals surface area contributed by atoms with Crippen molar-refractivity contribution in [2.45, 2.75) is 32.9 Å². The van der Waals surface area contributed by atoms with E-state index in [1.54, 1.807) is 13.0 Å². The zero-order chi connectivity index (χ0) is 13.0. The van der Waals surface area contributed by atoms with E-state index >= 15 is 0 Å². The zero-order valence-corrected chi connectivity index (χ0v) is 10.3. The lowest BCUT2D eigenvalue weighted by atomic mass is 10.0. The summed E-state index contributed by atoms with van der Waals surface area (Å²) in [6.07, 6.45) is 0. The second-order valence-corrected chi connectivity index (χ2v) is 4.22. The summed E-state index contributed by atoms with van der Waals surface area (Å²) in [5.74, 6) is 0. The number of nitro groups is 1. The minimum Gasteiger partial charge on any atom is -0.395 e. The number of aliphatic hydroxyl groups excluding tert-OH is 1. The monoisotopic (exact) mass is 238 g/mol. The Kier molecular flexibility index (Phi) is 4.60. The lowest BCUT2D eigenvalue weighted by molar-refractivity contribution is -0.385. The molecule has 0 aliphatic heterocycles. The van der Waals surface area contributed by atoms with Crippen LogP contribution >= 0.6 is 0 Å². The maximum atomic E-state index is 10.8. The average Bonchev–Trinajstić information content (AvgIpc) is 2.28. The molecule has 0 bridgehead atoms. The fourth-order valence-corrected chi connectivity index (χ4v) is 1.88. The van der Waals surface area contributed by atoms with Crippen LogP contribution in [0.25, 0.3) is 0 Å². The number of nitrogens with zero attached hydrogens (tertiary/aromatic N) is 1. The van der Waals surface area contributed by atoms with Gasteiger partial charge in [-0.1, -0.05) is 12.1 Å². The standard InChI is InChI=1S/C12H18N2O3/c1-8(7-15)13-10(3)11-5-4-6-12(9(11)2)14(16)17/h4-6,8,10,13,15H,7H2,1-3H3/t8-,10?/m1/s1. The molecule has 0 amide bonds. The van der Waals surface area contributed by atoms with Gasteiger partial charge in [0.05, 0.1) is 11.5 Å². The molecule has 0 aliphatic rings. The highest BCUT2D eigenvalue weighted by atomic mass is 16.6. The molecule has 2 N–H and O–H groups in total. The smallest absolute Gasteiger partial charge is 0.272 e. The summed E-state index contributed by atoms with van der Waals surface area (Å²) in [6, 6.07) is 4.98. The van der Waals surface area contributed by atoms with Crippen molar-refractivity contribution in [2.75, 3.05) is 6.61 Å². The lowest BCUT2D eigenvalue weighted by Gasteiger charge is -2.20. The normalized spacial score (nSPS) is 14.4. The maximum Gasteiger partial charge on any atom is 0.272 e. The summed E-state index contributed by atoms with van der Waals surface area (Å²) in [6.45, 7) is 5.58. The van der Waals surface area contributed by atoms with E-state index in [0.29, 0.717) is 5.56 Å². The molecule has 0 saturated heterocycles. The summed E-state index contributed by atoms with van der Waals surface area (Å²) >= 11 is 0. The zero-order valence-electron chi connectivity index (χ0n) is 10.3. The maximum absolute atomic E-state index is 10.8. The van der Waals surface area contributed by atoms with Gasteiger partial charge in [-0.05, 0) is 26.3 Å². The summed E-state index contributed by atoms with van der Waals surface area (Å²) in [5.41, 5.74) is 1.69. The van der Waals surface area contributed by atoms with Crippen LogP contribution in [0.15, 0.2) is 18.2 Å². The molecule has 0 aromatic heterocycles. The molecule has 5 heteroatoms. The van der Waals surface area contributed by atoms with E-state index in [0.717, 1.165) is 5.56 Å². The van der Waals surface area contributed by atoms with Crippen LogP contribution in [0.3, 0.4) is 0 Å². The van der Waals surface area contributed by atoms with Gasteiger partial charge in [-0.3, -0.25) is 10.1 Å². The number of aliphatic hydroxyl groups is 1. The number of rotatable bonds is 5. The average molecular weight is 238 g/mol. The van der Waals surface area contributed by atoms with Gasteiger partial charge in [0, 0.05) is 23.7 Å². The molecule has 0 radical (unpaired) electrons. The van der Waals surface area contributed by atoms with Crippen molar-refractivity contribution < 1.29 is 10.0 Å². The van der Waals surface area contributed by atoms with Gasteiger partial charge in [0.1, 0.15) is 0 Å². The topological polar surface area (TPSA) is 75.4 Å². The highest BCUT2D eigenvalue weighted by molar-refractivity contribution is 5.45. The van der Waals surface area contributed by atoms with E-state index in [1.165, 1.54) is 6.07 Å². The Balaban J connectivity index is 2.98. The third-order valence-electron chi connectivity index (χ3n) is 2.82. The predicted octanol–water partition coefficient (Wildman–Crippen LogP) is 1.93. The summed E-state index contributed by atoms with van der Waals surface area (Å²) in [5, 5.41) is 23.0. The van der Waals surface area contributed by atoms with Gasteiger partial charge >= 0.3 is 0 Å². The first-order valence-electron chi connectivity index (χ1n) is 5.58. The van der Waals surface area contributed by atoms with Crippen LogP contribution in [0, 0.1) is 17.0 Å². The third kappa shape index (κ3) is 3.25. The van der Waals surface area contributed by atoms with E-state index in [9.17, 15) is 10.1 Å². The van der Waals surface area contributed by atoms with Gasteiger partial charge in [0.2, 0.25) is 0 Å². The molecule has 0 spiro atoms. The number of hydrogen-bond acceptors (Lipinski definition) is 4. The van der Waals surface area contributed by atoms with Crippen LogP contribution < -0.4 is 5.32 Å². The fourth-order valence-electron chi connectivity index (χ4n) is 1.88. The molecule has 5 nitrogen and oxygen atoms in total. The van der Waals surface area contributed by atoms with Gasteiger partial charge < -0.3 is 10.4 Å². The van der Waals surface area contributed by atoms with E-state index < -0.39 is 0 Å². The van der Waals surface area contributed by atoms with E-state index in [4.69, 9.17) is 5.11 Å². The second kappa shape index (κ2) is 5.75. The van der Waals surface area contributed by atoms with Crippen LogP contribution in [0.2, 0.25) is 0 Å². The van der Waals surface area contributed by atoms with Crippen LogP contribution in [0.4, 0.5) is 5.69 Å². The number of benzene rings is 1. The van der Waals surface area contributed by atoms with Crippen molar-refractivity contribution in [2.24, 2.45) is 0 Å². The molecule has 17 heavy (non-hydrogen) atoms. The van der Waals surface area contributed by atoms with Crippen LogP contribution in [0.5, 0.6) is 0 Å². The molecule has 1 rings (SSSR count). The molecular formula is C12H18N2O3. The van der Waals surface area contributed by atoms with Gasteiger partial charge in [0.15, 0.2) is 0 Å². The SMILES string of the molecule is Cc1c(C(C)N[C@H](C)CO)cccc1[N+](=O)[O-]. The van der Waals surface area contributed by atoms with Crippen LogP contribution in [-0.2, 0) is 0 Å². The minimum atomic E-state index is -0.374. The Hall–Kier alpha value is -1.46. The number of hydrogen-bond donors (Lipinski definition) is 2. The molecule has 94 valence electrons. The highest BCUT2D eigenvalue weighted by Gasteiger charge is 2.17. The predicted molar refractivity (Wildman–Crippen MR) is 65.9 cm³/mol. The lowest BCUT2D eigenvalue weighted by Crippen LogP contribution is -2.32. The van der Waals surface area contributed by atoms with Crippen LogP contribution in [0.1, 0.15) is 31.0 Å². The van der Waals surface area contributed by atoms with Crippen molar-refractivity contribution in [1.29, 1.82) is 0 Å². The summed E-state index contributed by atoms with van der Waals surface area (Å²) < 4.78 is 0. The van der Waals surface area contributed by atoms with Crippen LogP contribution in [-0.4, -0.2) is 22.7 Å². The van der Waals surface area contributed by atoms with Gasteiger partial charge in [-0.25, -0.2) is 0 Å². The highest BCUT2D eigenvalue weighted by Crippen LogP contribution is 2.25. The molecule has 1 aromatic rings. The molecule has 0 fully saturated rings. The molecule has 0 saturated carbocycles. The molecule has 0 heterocycles. The van der Waals surface area contributed by atoms with Crippen molar-refractivity contribution in [3.8, 4) is 0 Å². The van der Waals surface area contributed by atoms with Gasteiger partial charge in [-0.15, -0.1) is 0 Å². The van der Waals surface area contributed by atoms with Gasteiger partial charge in [-0.2, -0.15) is 0 Å². The molecule has 1 unspecified atom stereocenters. The first kappa shape index (κ1) is 13.6. The Labute approximate surface area is 101 Å². The first-order valence-corrected chi connectivity index (χ1v) is 5.58. The molecular weight excluding hydrogens is 220 g/mol. The Morgan fingerprint density at radius 3 is 2.65 bits per heavy atom. The fraction of sp³-hybridized carbons (Fsp3) is 0.500. The van der Waals surface area contributed by atoms with Gasteiger partial charge in [0.25, 0.3) is 5.69 Å².